The number of carbonyl (C=O) groups excluding carboxylic acids is 1. The second-order valence-electron chi connectivity index (χ2n) is 4.78. The van der Waals surface area contributed by atoms with Gasteiger partial charge in [-0.05, 0) is 36.4 Å². The largest absolute Gasteiger partial charge is 0.325 e. The summed E-state index contributed by atoms with van der Waals surface area (Å²) >= 11 is 5.75. The summed E-state index contributed by atoms with van der Waals surface area (Å²) in [7, 11) is -3.82. The van der Waals surface area contributed by atoms with Crippen molar-refractivity contribution < 1.29 is 17.6 Å². The number of nitrogens with zero attached hydrogens (tertiary/aromatic N) is 1. The molecule has 0 aliphatic heterocycles. The Balaban J connectivity index is 2.20. The summed E-state index contributed by atoms with van der Waals surface area (Å²) in [5, 5.41) is 3.04. The maximum atomic E-state index is 13.8. The fourth-order valence-electron chi connectivity index (χ4n) is 1.90. The van der Waals surface area contributed by atoms with Crippen molar-refractivity contribution >= 4 is 38.9 Å². The molecule has 5 nitrogen and oxygen atoms in total. The zero-order valence-electron chi connectivity index (χ0n) is 12.2. The average Bonchev–Trinajstić information content (AvgIpc) is 2.47. The van der Waals surface area contributed by atoms with Gasteiger partial charge >= 0.3 is 0 Å². The number of rotatable bonds is 5. The maximum absolute atomic E-state index is 13.8. The van der Waals surface area contributed by atoms with Crippen LogP contribution in [-0.4, -0.2) is 27.1 Å². The minimum Gasteiger partial charge on any atom is -0.325 e. The lowest BCUT2D eigenvalue weighted by Gasteiger charge is -2.22. The minimum absolute atomic E-state index is 0.179. The number of hydrogen-bond donors (Lipinski definition) is 1. The molecule has 0 aliphatic carbocycles. The molecule has 2 aromatic rings. The van der Waals surface area contributed by atoms with Crippen molar-refractivity contribution in [2.75, 3.05) is 22.4 Å². The van der Waals surface area contributed by atoms with Crippen molar-refractivity contribution in [3.8, 4) is 0 Å². The number of anilines is 2. The van der Waals surface area contributed by atoms with Gasteiger partial charge in [0.05, 0.1) is 11.9 Å². The van der Waals surface area contributed by atoms with E-state index in [4.69, 9.17) is 11.6 Å². The molecule has 0 spiro atoms. The Morgan fingerprint density at radius 2 is 1.78 bits per heavy atom. The van der Waals surface area contributed by atoms with Crippen LogP contribution in [0.2, 0.25) is 5.02 Å². The highest BCUT2D eigenvalue weighted by atomic mass is 35.5. The van der Waals surface area contributed by atoms with Crippen LogP contribution in [0.3, 0.4) is 0 Å². The highest BCUT2D eigenvalue weighted by Crippen LogP contribution is 2.21. The summed E-state index contributed by atoms with van der Waals surface area (Å²) in [6, 6.07) is 11.7. The number of nitrogens with one attached hydrogen (secondary N) is 1. The van der Waals surface area contributed by atoms with Crippen LogP contribution >= 0.6 is 11.6 Å². The second-order valence-corrected chi connectivity index (χ2v) is 7.12. The first-order chi connectivity index (χ1) is 10.8. The molecule has 8 heteroatoms. The number of benzene rings is 2. The molecule has 0 saturated heterocycles. The molecule has 2 aromatic carbocycles. The van der Waals surface area contributed by atoms with Gasteiger partial charge in [-0.15, -0.1) is 0 Å². The van der Waals surface area contributed by atoms with Crippen LogP contribution in [-0.2, 0) is 14.8 Å². The van der Waals surface area contributed by atoms with Crippen LogP contribution in [0.1, 0.15) is 0 Å². The standard InChI is InChI=1S/C15H14ClFN2O3S/c1-23(21,22)19(14-5-3-2-4-13(14)17)10-15(20)18-12-8-6-11(16)7-9-12/h2-9H,10H2,1H3,(H,18,20). The van der Waals surface area contributed by atoms with E-state index in [0.29, 0.717) is 15.0 Å². The zero-order valence-corrected chi connectivity index (χ0v) is 13.7. The molecule has 23 heavy (non-hydrogen) atoms. The van der Waals surface area contributed by atoms with E-state index in [1.807, 2.05) is 0 Å². The number of carbonyl (C=O) groups is 1. The predicted octanol–water partition coefficient (Wildman–Crippen LogP) is 2.88. The highest BCUT2D eigenvalue weighted by Gasteiger charge is 2.23. The van der Waals surface area contributed by atoms with Crippen LogP contribution in [0.15, 0.2) is 48.5 Å². The number of halogens is 2. The van der Waals surface area contributed by atoms with Crippen molar-refractivity contribution in [3.63, 3.8) is 0 Å². The van der Waals surface area contributed by atoms with Crippen LogP contribution in [0.25, 0.3) is 0 Å². The second kappa shape index (κ2) is 6.97. The van der Waals surface area contributed by atoms with Gasteiger partial charge in [0.2, 0.25) is 15.9 Å². The molecule has 0 saturated carbocycles. The fourth-order valence-corrected chi connectivity index (χ4v) is 2.88. The van der Waals surface area contributed by atoms with Gasteiger partial charge in [0.15, 0.2) is 0 Å². The lowest BCUT2D eigenvalue weighted by Crippen LogP contribution is -2.38. The molecule has 2 rings (SSSR count). The van der Waals surface area contributed by atoms with E-state index < -0.39 is 28.3 Å². The maximum Gasteiger partial charge on any atom is 0.245 e. The normalized spacial score (nSPS) is 11.1. The van der Waals surface area contributed by atoms with Gasteiger partial charge in [-0.1, -0.05) is 23.7 Å². The van der Waals surface area contributed by atoms with Crippen LogP contribution in [0.4, 0.5) is 15.8 Å². The smallest absolute Gasteiger partial charge is 0.245 e. The van der Waals surface area contributed by atoms with E-state index in [0.717, 1.165) is 12.3 Å². The van der Waals surface area contributed by atoms with Gasteiger partial charge in [-0.2, -0.15) is 0 Å². The van der Waals surface area contributed by atoms with E-state index in [2.05, 4.69) is 5.32 Å². The molecule has 0 heterocycles. The highest BCUT2D eigenvalue weighted by molar-refractivity contribution is 7.92. The summed E-state index contributed by atoms with van der Waals surface area (Å²) in [6.07, 6.45) is 0.912. The SMILES string of the molecule is CS(=O)(=O)N(CC(=O)Nc1ccc(Cl)cc1)c1ccccc1F. The van der Waals surface area contributed by atoms with Crippen molar-refractivity contribution in [2.24, 2.45) is 0 Å². The number of amides is 1. The average molecular weight is 357 g/mol. The van der Waals surface area contributed by atoms with E-state index in [1.54, 1.807) is 24.3 Å². The molecule has 1 N–H and O–H groups in total. The predicted molar refractivity (Wildman–Crippen MR) is 88.7 cm³/mol. The molecule has 1 amide bonds. The summed E-state index contributed by atoms with van der Waals surface area (Å²) in [5.74, 6) is -1.32. The first kappa shape index (κ1) is 17.2. The third-order valence-corrected chi connectivity index (χ3v) is 4.32. The molecule has 0 fully saturated rings. The van der Waals surface area contributed by atoms with Crippen molar-refractivity contribution in [1.29, 1.82) is 0 Å². The quantitative estimate of drug-likeness (QED) is 0.895. The molecule has 0 radical (unpaired) electrons. The van der Waals surface area contributed by atoms with E-state index in [-0.39, 0.29) is 5.69 Å². The third-order valence-electron chi connectivity index (χ3n) is 2.94. The van der Waals surface area contributed by atoms with Crippen LogP contribution in [0.5, 0.6) is 0 Å². The first-order valence-corrected chi connectivity index (χ1v) is 8.77. The summed E-state index contributed by atoms with van der Waals surface area (Å²) in [4.78, 5) is 12.1. The van der Waals surface area contributed by atoms with Crippen molar-refractivity contribution in [2.45, 2.75) is 0 Å². The Kier molecular flexibility index (Phi) is 5.23. The Bertz CT molecular complexity index is 810. The Morgan fingerprint density at radius 3 is 2.35 bits per heavy atom. The third kappa shape index (κ3) is 4.67. The summed E-state index contributed by atoms with van der Waals surface area (Å²) in [6.45, 7) is -0.539. The lowest BCUT2D eigenvalue weighted by molar-refractivity contribution is -0.114. The van der Waals surface area contributed by atoms with E-state index in [1.165, 1.54) is 18.2 Å². The van der Waals surface area contributed by atoms with Gasteiger partial charge in [0.25, 0.3) is 0 Å². The van der Waals surface area contributed by atoms with Crippen LogP contribution in [0, 0.1) is 5.82 Å². The van der Waals surface area contributed by atoms with Crippen molar-refractivity contribution in [1.82, 2.24) is 0 Å². The molecule has 0 aromatic heterocycles. The monoisotopic (exact) mass is 356 g/mol. The molecule has 0 atom stereocenters. The Morgan fingerprint density at radius 1 is 1.17 bits per heavy atom. The minimum atomic E-state index is -3.82. The molecule has 122 valence electrons. The van der Waals surface area contributed by atoms with E-state index in [9.17, 15) is 17.6 Å². The Labute approximate surface area is 138 Å². The van der Waals surface area contributed by atoms with Gasteiger partial charge in [0.1, 0.15) is 12.4 Å². The number of sulfonamides is 1. The molecule has 0 bridgehead atoms. The van der Waals surface area contributed by atoms with E-state index >= 15 is 0 Å². The summed E-state index contributed by atoms with van der Waals surface area (Å²) in [5.41, 5.74) is 0.280. The molecule has 0 unspecified atom stereocenters. The lowest BCUT2D eigenvalue weighted by atomic mass is 10.3. The number of para-hydroxylation sites is 1. The van der Waals surface area contributed by atoms with Gasteiger partial charge in [0, 0.05) is 10.7 Å². The molecular weight excluding hydrogens is 343 g/mol. The zero-order chi connectivity index (χ0) is 17.0. The van der Waals surface area contributed by atoms with Gasteiger partial charge in [-0.25, -0.2) is 12.8 Å². The van der Waals surface area contributed by atoms with Crippen LogP contribution < -0.4 is 9.62 Å². The molecule has 0 aliphatic rings. The molecular formula is C15H14ClFN2O3S. The first-order valence-electron chi connectivity index (χ1n) is 6.55. The number of hydrogen-bond acceptors (Lipinski definition) is 3. The van der Waals surface area contributed by atoms with Gasteiger partial charge in [-0.3, -0.25) is 9.10 Å². The van der Waals surface area contributed by atoms with Gasteiger partial charge < -0.3 is 5.32 Å². The summed E-state index contributed by atoms with van der Waals surface area (Å²) < 4.78 is 38.3. The van der Waals surface area contributed by atoms with Crippen molar-refractivity contribution in [3.05, 3.63) is 59.4 Å². The fraction of sp³-hybridized carbons (Fsp3) is 0.133. The Hall–Kier alpha value is -2.12. The topological polar surface area (TPSA) is 66.5 Å².